The third-order valence-corrected chi connectivity index (χ3v) is 5.21. The highest BCUT2D eigenvalue weighted by atomic mass is 16.5. The van der Waals surface area contributed by atoms with Crippen molar-refractivity contribution < 1.29 is 14.3 Å². The summed E-state index contributed by atoms with van der Waals surface area (Å²) in [5.74, 6) is -0.550. The number of benzene rings is 2. The summed E-state index contributed by atoms with van der Waals surface area (Å²) in [4.78, 5) is 28.6. The van der Waals surface area contributed by atoms with Crippen LogP contribution in [0.2, 0.25) is 0 Å². The largest absolute Gasteiger partial charge is 0.461 e. The van der Waals surface area contributed by atoms with Gasteiger partial charge in [0.25, 0.3) is 0 Å². The first-order chi connectivity index (χ1) is 13.0. The molecule has 0 atom stereocenters. The SMILES string of the molecule is CCOC(=O)c1[nH]c2ccccc2c1NC(=O)C1(c2ccc(C)cc2)CC1. The number of fused-ring (bicyclic) bond motifs is 1. The fraction of sp³-hybridized carbons (Fsp3) is 0.273. The number of hydrogen-bond acceptors (Lipinski definition) is 3. The number of H-pyrrole nitrogens is 1. The van der Waals surface area contributed by atoms with Crippen molar-refractivity contribution in [1.29, 1.82) is 0 Å². The van der Waals surface area contributed by atoms with Crippen molar-refractivity contribution in [1.82, 2.24) is 4.98 Å². The van der Waals surface area contributed by atoms with Crippen molar-refractivity contribution in [2.24, 2.45) is 0 Å². The maximum Gasteiger partial charge on any atom is 0.356 e. The van der Waals surface area contributed by atoms with E-state index in [0.29, 0.717) is 5.69 Å². The zero-order valence-corrected chi connectivity index (χ0v) is 15.5. The van der Waals surface area contributed by atoms with Crippen LogP contribution in [-0.4, -0.2) is 23.5 Å². The maximum atomic E-state index is 13.2. The van der Waals surface area contributed by atoms with Crippen LogP contribution in [-0.2, 0) is 14.9 Å². The fourth-order valence-electron chi connectivity index (χ4n) is 3.51. The lowest BCUT2D eigenvalue weighted by atomic mass is 9.94. The normalized spacial score (nSPS) is 14.7. The third kappa shape index (κ3) is 2.99. The van der Waals surface area contributed by atoms with Gasteiger partial charge in [0, 0.05) is 10.9 Å². The number of hydrogen-bond donors (Lipinski definition) is 2. The molecule has 0 bridgehead atoms. The van der Waals surface area contributed by atoms with Gasteiger partial charge >= 0.3 is 5.97 Å². The quantitative estimate of drug-likeness (QED) is 0.664. The van der Waals surface area contributed by atoms with Crippen LogP contribution >= 0.6 is 0 Å². The summed E-state index contributed by atoms with van der Waals surface area (Å²) in [6, 6.07) is 15.6. The van der Waals surface area contributed by atoms with Crippen LogP contribution in [0.3, 0.4) is 0 Å². The van der Waals surface area contributed by atoms with Crippen molar-refractivity contribution in [2.75, 3.05) is 11.9 Å². The number of aromatic nitrogens is 1. The van der Waals surface area contributed by atoms with Gasteiger partial charge in [0.2, 0.25) is 5.91 Å². The number of ether oxygens (including phenoxy) is 1. The molecule has 1 amide bonds. The van der Waals surface area contributed by atoms with Gasteiger partial charge in [0.05, 0.1) is 17.7 Å². The van der Waals surface area contributed by atoms with E-state index in [9.17, 15) is 9.59 Å². The highest BCUT2D eigenvalue weighted by molar-refractivity contribution is 6.13. The van der Waals surface area contributed by atoms with Gasteiger partial charge in [-0.3, -0.25) is 4.79 Å². The molecule has 0 aliphatic heterocycles. The van der Waals surface area contributed by atoms with E-state index in [1.807, 2.05) is 55.5 Å². The Morgan fingerprint density at radius 2 is 1.81 bits per heavy atom. The van der Waals surface area contributed by atoms with Crippen molar-refractivity contribution in [3.63, 3.8) is 0 Å². The summed E-state index contributed by atoms with van der Waals surface area (Å²) in [5, 5.41) is 3.82. The number of aryl methyl sites for hydroxylation is 1. The topological polar surface area (TPSA) is 71.2 Å². The molecule has 0 radical (unpaired) electrons. The zero-order chi connectivity index (χ0) is 19.0. The van der Waals surface area contributed by atoms with E-state index in [0.717, 1.165) is 34.9 Å². The molecule has 1 aromatic heterocycles. The van der Waals surface area contributed by atoms with Crippen LogP contribution in [0, 0.1) is 6.92 Å². The van der Waals surface area contributed by atoms with Crippen LogP contribution in [0.25, 0.3) is 10.9 Å². The van der Waals surface area contributed by atoms with E-state index in [1.54, 1.807) is 6.92 Å². The predicted molar refractivity (Wildman–Crippen MR) is 105 cm³/mol. The number of nitrogens with one attached hydrogen (secondary N) is 2. The molecule has 1 aliphatic rings. The molecule has 27 heavy (non-hydrogen) atoms. The van der Waals surface area contributed by atoms with E-state index in [-0.39, 0.29) is 18.2 Å². The third-order valence-electron chi connectivity index (χ3n) is 5.21. The number of carbonyl (C=O) groups excluding carboxylic acids is 2. The summed E-state index contributed by atoms with van der Waals surface area (Å²) in [5.41, 5.74) is 3.23. The van der Waals surface area contributed by atoms with Crippen molar-refractivity contribution in [3.05, 3.63) is 65.4 Å². The second kappa shape index (κ2) is 6.58. The molecule has 0 saturated heterocycles. The lowest BCUT2D eigenvalue weighted by Crippen LogP contribution is -2.28. The number of rotatable bonds is 5. The average Bonchev–Trinajstić information content (AvgIpc) is 3.40. The van der Waals surface area contributed by atoms with E-state index in [4.69, 9.17) is 4.74 Å². The molecule has 2 N–H and O–H groups in total. The number of amides is 1. The van der Waals surface area contributed by atoms with Gasteiger partial charge in [-0.25, -0.2) is 4.79 Å². The molecule has 0 spiro atoms. The lowest BCUT2D eigenvalue weighted by Gasteiger charge is -2.16. The monoisotopic (exact) mass is 362 g/mol. The Morgan fingerprint density at radius 3 is 2.48 bits per heavy atom. The maximum absolute atomic E-state index is 13.2. The molecule has 4 rings (SSSR count). The molecular weight excluding hydrogens is 340 g/mol. The van der Waals surface area contributed by atoms with Crippen molar-refractivity contribution in [3.8, 4) is 0 Å². The second-order valence-electron chi connectivity index (χ2n) is 7.04. The number of para-hydroxylation sites is 1. The van der Waals surface area contributed by atoms with Gasteiger partial charge in [-0.2, -0.15) is 0 Å². The first-order valence-electron chi connectivity index (χ1n) is 9.21. The van der Waals surface area contributed by atoms with Gasteiger partial charge in [-0.05, 0) is 38.3 Å². The van der Waals surface area contributed by atoms with Crippen LogP contribution in [0.5, 0.6) is 0 Å². The highest BCUT2D eigenvalue weighted by Gasteiger charge is 2.51. The molecule has 1 fully saturated rings. The number of carbonyl (C=O) groups is 2. The number of anilines is 1. The summed E-state index contributed by atoms with van der Waals surface area (Å²) in [6.07, 6.45) is 1.61. The standard InChI is InChI=1S/C22H22N2O3/c1-3-27-20(25)19-18(16-6-4-5-7-17(16)23-19)24-21(26)22(12-13-22)15-10-8-14(2)9-11-15/h4-11,23H,3,12-13H2,1-2H3,(H,24,26). The molecule has 2 aromatic carbocycles. The van der Waals surface area contributed by atoms with Crippen LogP contribution in [0.4, 0.5) is 5.69 Å². The summed E-state index contributed by atoms with van der Waals surface area (Å²) < 4.78 is 5.16. The van der Waals surface area contributed by atoms with Gasteiger partial charge in [-0.1, -0.05) is 48.0 Å². The van der Waals surface area contributed by atoms with Gasteiger partial charge in [-0.15, -0.1) is 0 Å². The van der Waals surface area contributed by atoms with Crippen LogP contribution < -0.4 is 5.32 Å². The first-order valence-corrected chi connectivity index (χ1v) is 9.21. The molecular formula is C22H22N2O3. The molecule has 0 unspecified atom stereocenters. The van der Waals surface area contributed by atoms with Gasteiger partial charge in [0.1, 0.15) is 5.69 Å². The van der Waals surface area contributed by atoms with Crippen molar-refractivity contribution >= 4 is 28.5 Å². The highest BCUT2D eigenvalue weighted by Crippen LogP contribution is 2.49. The Morgan fingerprint density at radius 1 is 1.11 bits per heavy atom. The fourth-order valence-corrected chi connectivity index (χ4v) is 3.51. The predicted octanol–water partition coefficient (Wildman–Crippen LogP) is 4.32. The van der Waals surface area contributed by atoms with Gasteiger partial charge in [0.15, 0.2) is 0 Å². The van der Waals surface area contributed by atoms with E-state index < -0.39 is 11.4 Å². The van der Waals surface area contributed by atoms with E-state index >= 15 is 0 Å². The van der Waals surface area contributed by atoms with Crippen LogP contribution in [0.15, 0.2) is 48.5 Å². The lowest BCUT2D eigenvalue weighted by molar-refractivity contribution is -0.118. The van der Waals surface area contributed by atoms with Gasteiger partial charge < -0.3 is 15.0 Å². The molecule has 138 valence electrons. The van der Waals surface area contributed by atoms with E-state index in [2.05, 4.69) is 10.3 Å². The van der Waals surface area contributed by atoms with E-state index in [1.165, 1.54) is 0 Å². The second-order valence-corrected chi connectivity index (χ2v) is 7.04. The Balaban J connectivity index is 1.70. The minimum Gasteiger partial charge on any atom is -0.461 e. The number of esters is 1. The summed E-state index contributed by atoms with van der Waals surface area (Å²) in [7, 11) is 0. The smallest absolute Gasteiger partial charge is 0.356 e. The average molecular weight is 362 g/mol. The van der Waals surface area contributed by atoms with Crippen LogP contribution in [0.1, 0.15) is 41.4 Å². The minimum absolute atomic E-state index is 0.0818. The Bertz CT molecular complexity index is 1010. The molecule has 3 aromatic rings. The Kier molecular flexibility index (Phi) is 4.22. The first kappa shape index (κ1) is 17.3. The minimum atomic E-state index is -0.516. The molecule has 1 saturated carbocycles. The van der Waals surface area contributed by atoms with Crippen molar-refractivity contribution in [2.45, 2.75) is 32.1 Å². The summed E-state index contributed by atoms with van der Waals surface area (Å²) in [6.45, 7) is 4.06. The molecule has 1 heterocycles. The summed E-state index contributed by atoms with van der Waals surface area (Å²) >= 11 is 0. The molecule has 5 nitrogen and oxygen atoms in total. The Hall–Kier alpha value is -3.08. The molecule has 5 heteroatoms. The number of aromatic amines is 1. The zero-order valence-electron chi connectivity index (χ0n) is 15.5. The Labute approximate surface area is 157 Å². The molecule has 1 aliphatic carbocycles.